The lowest BCUT2D eigenvalue weighted by molar-refractivity contribution is -0.119. The Kier molecular flexibility index (Phi) is 4.53. The first-order valence-electron chi connectivity index (χ1n) is 8.24. The van der Waals surface area contributed by atoms with Crippen LogP contribution >= 0.6 is 11.8 Å². The van der Waals surface area contributed by atoms with Gasteiger partial charge in [-0.15, -0.1) is 5.10 Å². The predicted molar refractivity (Wildman–Crippen MR) is 105 cm³/mol. The summed E-state index contributed by atoms with van der Waals surface area (Å²) in [5.74, 6) is 0.534. The molecule has 0 fully saturated rings. The molecule has 0 aliphatic carbocycles. The molecule has 1 aliphatic heterocycles. The predicted octanol–water partition coefficient (Wildman–Crippen LogP) is 2.81. The van der Waals surface area contributed by atoms with E-state index < -0.39 is 0 Å². The highest BCUT2D eigenvalue weighted by Crippen LogP contribution is 2.15. The summed E-state index contributed by atoms with van der Waals surface area (Å²) in [5.41, 5.74) is 4.66. The molecule has 130 valence electrons. The highest BCUT2D eigenvalue weighted by molar-refractivity contribution is 8.14. The van der Waals surface area contributed by atoms with E-state index in [9.17, 15) is 4.79 Å². The number of pyridine rings is 1. The van der Waals surface area contributed by atoms with Gasteiger partial charge < -0.3 is 9.72 Å². The lowest BCUT2D eigenvalue weighted by atomic mass is 10.1. The van der Waals surface area contributed by atoms with Crippen LogP contribution in [0.2, 0.25) is 0 Å². The normalized spacial score (nSPS) is 14.0. The standard InChI is InChI=1S/C19H17N5OS/c1-13-7-8-24-11-15(20-17(24)9-13)10-18(25)21-19-23-22-16(12-26-19)14-5-3-2-4-6-14/h2-9,11H,10,12H2,1H3,(H,21,23,25). The van der Waals surface area contributed by atoms with Gasteiger partial charge in [-0.3, -0.25) is 4.79 Å². The van der Waals surface area contributed by atoms with E-state index in [0.29, 0.717) is 10.9 Å². The molecule has 1 aromatic carbocycles. The summed E-state index contributed by atoms with van der Waals surface area (Å²) < 4.78 is 1.92. The highest BCUT2D eigenvalue weighted by atomic mass is 32.2. The zero-order chi connectivity index (χ0) is 17.9. The maximum absolute atomic E-state index is 12.3. The van der Waals surface area contributed by atoms with Crippen molar-refractivity contribution in [2.75, 3.05) is 5.75 Å². The third-order valence-corrected chi connectivity index (χ3v) is 4.84. The molecule has 0 unspecified atom stereocenters. The van der Waals surface area contributed by atoms with Crippen LogP contribution in [0.25, 0.3) is 5.65 Å². The summed E-state index contributed by atoms with van der Waals surface area (Å²) in [6.07, 6.45) is 4.02. The van der Waals surface area contributed by atoms with Crippen molar-refractivity contribution >= 4 is 34.2 Å². The Hall–Kier alpha value is -2.93. The van der Waals surface area contributed by atoms with Gasteiger partial charge in [-0.2, -0.15) is 5.10 Å². The summed E-state index contributed by atoms with van der Waals surface area (Å²) in [4.78, 5) is 16.8. The van der Waals surface area contributed by atoms with Crippen molar-refractivity contribution in [1.29, 1.82) is 0 Å². The van der Waals surface area contributed by atoms with Crippen molar-refractivity contribution in [3.05, 3.63) is 71.7 Å². The smallest absolute Gasteiger partial charge is 0.232 e. The van der Waals surface area contributed by atoms with Crippen LogP contribution in [-0.4, -0.2) is 31.9 Å². The molecule has 0 saturated carbocycles. The number of aromatic nitrogens is 2. The molecule has 1 N–H and O–H groups in total. The summed E-state index contributed by atoms with van der Waals surface area (Å²) in [6.45, 7) is 2.02. The summed E-state index contributed by atoms with van der Waals surface area (Å²) >= 11 is 1.47. The number of hydrogen-bond donors (Lipinski definition) is 1. The van der Waals surface area contributed by atoms with E-state index in [1.54, 1.807) is 0 Å². The van der Waals surface area contributed by atoms with Crippen LogP contribution < -0.4 is 5.32 Å². The zero-order valence-electron chi connectivity index (χ0n) is 14.2. The molecular weight excluding hydrogens is 346 g/mol. The average molecular weight is 363 g/mol. The Morgan fingerprint density at radius 1 is 1.23 bits per heavy atom. The van der Waals surface area contributed by atoms with Gasteiger partial charge in [0.1, 0.15) is 5.65 Å². The number of thioether (sulfide) groups is 1. The van der Waals surface area contributed by atoms with Gasteiger partial charge in [-0.25, -0.2) is 4.98 Å². The van der Waals surface area contributed by atoms with Gasteiger partial charge in [0.25, 0.3) is 0 Å². The van der Waals surface area contributed by atoms with Crippen LogP contribution in [0.3, 0.4) is 0 Å². The zero-order valence-corrected chi connectivity index (χ0v) is 15.0. The molecule has 4 rings (SSSR count). The molecule has 26 heavy (non-hydrogen) atoms. The maximum Gasteiger partial charge on any atom is 0.232 e. The molecule has 0 bridgehead atoms. The molecule has 2 aromatic heterocycles. The van der Waals surface area contributed by atoms with E-state index in [-0.39, 0.29) is 12.3 Å². The summed E-state index contributed by atoms with van der Waals surface area (Å²) in [5, 5.41) is 11.7. The van der Waals surface area contributed by atoms with E-state index in [1.165, 1.54) is 11.8 Å². The number of aryl methyl sites for hydroxylation is 1. The molecule has 0 saturated heterocycles. The largest absolute Gasteiger partial charge is 0.307 e. The number of nitrogens with zero attached hydrogens (tertiary/aromatic N) is 4. The Bertz CT molecular complexity index is 1020. The molecule has 1 amide bonds. The third-order valence-electron chi connectivity index (χ3n) is 3.97. The Morgan fingerprint density at radius 3 is 2.85 bits per heavy atom. The maximum atomic E-state index is 12.3. The van der Waals surface area contributed by atoms with E-state index in [2.05, 4.69) is 20.5 Å². The Morgan fingerprint density at radius 2 is 2.08 bits per heavy atom. The van der Waals surface area contributed by atoms with Crippen LogP contribution in [0.5, 0.6) is 0 Å². The van der Waals surface area contributed by atoms with Gasteiger partial charge in [0.05, 0.1) is 17.8 Å². The molecule has 3 aromatic rings. The second-order valence-corrected chi connectivity index (χ2v) is 7.00. The quantitative estimate of drug-likeness (QED) is 0.778. The van der Waals surface area contributed by atoms with Gasteiger partial charge in [-0.05, 0) is 30.2 Å². The number of fused-ring (bicyclic) bond motifs is 1. The highest BCUT2D eigenvalue weighted by Gasteiger charge is 2.15. The fourth-order valence-electron chi connectivity index (χ4n) is 2.68. The van der Waals surface area contributed by atoms with Gasteiger partial charge in [-0.1, -0.05) is 42.1 Å². The Balaban J connectivity index is 1.41. The minimum Gasteiger partial charge on any atom is -0.307 e. The van der Waals surface area contributed by atoms with Crippen LogP contribution in [-0.2, 0) is 11.2 Å². The minimum absolute atomic E-state index is 0.144. The molecule has 0 atom stereocenters. The number of amides is 1. The van der Waals surface area contributed by atoms with Crippen LogP contribution in [0, 0.1) is 6.92 Å². The summed E-state index contributed by atoms with van der Waals surface area (Å²) in [6, 6.07) is 13.9. The van der Waals surface area contributed by atoms with Gasteiger partial charge >= 0.3 is 0 Å². The first-order valence-corrected chi connectivity index (χ1v) is 9.23. The molecule has 0 spiro atoms. The number of amidine groups is 1. The van der Waals surface area contributed by atoms with Gasteiger partial charge in [0, 0.05) is 18.1 Å². The topological polar surface area (TPSA) is 71.1 Å². The van der Waals surface area contributed by atoms with E-state index in [4.69, 9.17) is 0 Å². The lowest BCUT2D eigenvalue weighted by Gasteiger charge is -2.12. The van der Waals surface area contributed by atoms with Crippen molar-refractivity contribution in [1.82, 2.24) is 14.7 Å². The fraction of sp³-hybridized carbons (Fsp3) is 0.158. The average Bonchev–Trinajstić information content (AvgIpc) is 3.04. The van der Waals surface area contributed by atoms with Crippen molar-refractivity contribution in [3.63, 3.8) is 0 Å². The van der Waals surface area contributed by atoms with Gasteiger partial charge in [0.2, 0.25) is 5.91 Å². The number of imidazole rings is 1. The number of hydrogen-bond acceptors (Lipinski definition) is 5. The number of benzene rings is 1. The number of carbonyl (C=O) groups excluding carboxylic acids is 1. The first kappa shape index (κ1) is 16.5. The van der Waals surface area contributed by atoms with Gasteiger partial charge in [0.15, 0.2) is 5.17 Å². The van der Waals surface area contributed by atoms with Crippen LogP contribution in [0.4, 0.5) is 0 Å². The second kappa shape index (κ2) is 7.13. The van der Waals surface area contributed by atoms with Crippen LogP contribution in [0.1, 0.15) is 16.8 Å². The third kappa shape index (κ3) is 3.67. The molecule has 0 radical (unpaired) electrons. The van der Waals surface area contributed by atoms with E-state index >= 15 is 0 Å². The van der Waals surface area contributed by atoms with E-state index in [1.807, 2.05) is 66.2 Å². The molecule has 1 aliphatic rings. The molecular formula is C19H17N5OS. The first-order chi connectivity index (χ1) is 12.7. The monoisotopic (exact) mass is 363 g/mol. The molecule has 3 heterocycles. The second-order valence-electron chi connectivity index (χ2n) is 6.03. The van der Waals surface area contributed by atoms with E-state index in [0.717, 1.165) is 28.2 Å². The fourth-order valence-corrected chi connectivity index (χ4v) is 3.46. The van der Waals surface area contributed by atoms with Crippen molar-refractivity contribution in [3.8, 4) is 0 Å². The molecule has 7 heteroatoms. The minimum atomic E-state index is -0.144. The van der Waals surface area contributed by atoms with Crippen molar-refractivity contribution in [2.45, 2.75) is 13.3 Å². The van der Waals surface area contributed by atoms with Crippen LogP contribution in [0.15, 0.2) is 65.1 Å². The molecule has 6 nitrogen and oxygen atoms in total. The summed E-state index contributed by atoms with van der Waals surface area (Å²) in [7, 11) is 0. The lowest BCUT2D eigenvalue weighted by Crippen LogP contribution is -2.31. The Labute approximate surface area is 155 Å². The number of rotatable bonds is 3. The number of carbonyl (C=O) groups is 1. The number of nitrogens with one attached hydrogen (secondary N) is 1. The van der Waals surface area contributed by atoms with Crippen molar-refractivity contribution in [2.24, 2.45) is 10.2 Å². The SMILES string of the molecule is Cc1ccn2cc(CC(=O)NC3=NN=C(c4ccccc4)CS3)nc2c1. The van der Waals surface area contributed by atoms with Crippen molar-refractivity contribution < 1.29 is 4.79 Å².